The van der Waals surface area contributed by atoms with Crippen LogP contribution < -0.4 is 4.74 Å². The number of nitrogens with zero attached hydrogens (tertiary/aromatic N) is 2. The third kappa shape index (κ3) is 5.58. The van der Waals surface area contributed by atoms with E-state index in [0.29, 0.717) is 22.4 Å². The van der Waals surface area contributed by atoms with Gasteiger partial charge in [0.25, 0.3) is 5.91 Å². The van der Waals surface area contributed by atoms with Gasteiger partial charge in [-0.2, -0.15) is 0 Å². The Morgan fingerprint density at radius 2 is 1.92 bits per heavy atom. The normalized spacial score (nSPS) is 17.8. The second kappa shape index (κ2) is 11.1. The number of fused-ring (bicyclic) bond motifs is 1. The smallest absolute Gasteiger partial charge is 0.266 e. The molecule has 0 atom stereocenters. The van der Waals surface area contributed by atoms with Crippen molar-refractivity contribution in [3.63, 3.8) is 0 Å². The average molecular weight is 584 g/mol. The molecule has 1 saturated heterocycles. The lowest BCUT2D eigenvalue weighted by atomic mass is 10.0. The maximum absolute atomic E-state index is 13.2. The first kappa shape index (κ1) is 25.6. The number of benzene rings is 2. The monoisotopic (exact) mass is 582 g/mol. The predicted molar refractivity (Wildman–Crippen MR) is 158 cm³/mol. The number of hydrogen-bond donors (Lipinski definition) is 0. The molecular formula is C29H31BrN2O2S2. The van der Waals surface area contributed by atoms with Crippen LogP contribution in [0.15, 0.2) is 52.0 Å². The molecule has 1 saturated carbocycles. The predicted octanol–water partition coefficient (Wildman–Crippen LogP) is 7.88. The first-order chi connectivity index (χ1) is 17.4. The zero-order chi connectivity index (χ0) is 25.2. The van der Waals surface area contributed by atoms with Gasteiger partial charge in [0.15, 0.2) is 0 Å². The number of thiocarbonyl (C=S) groups is 1. The third-order valence-corrected chi connectivity index (χ3v) is 9.22. The van der Waals surface area contributed by atoms with Gasteiger partial charge in [0, 0.05) is 33.7 Å². The summed E-state index contributed by atoms with van der Waals surface area (Å²) >= 11 is 10.6. The molecule has 1 aliphatic heterocycles. The van der Waals surface area contributed by atoms with Crippen LogP contribution in [0.25, 0.3) is 17.0 Å². The molecule has 2 heterocycles. The van der Waals surface area contributed by atoms with Crippen LogP contribution in [-0.4, -0.2) is 32.8 Å². The summed E-state index contributed by atoms with van der Waals surface area (Å²) in [6, 6.07) is 12.5. The molecule has 1 aliphatic carbocycles. The van der Waals surface area contributed by atoms with Gasteiger partial charge in [-0.1, -0.05) is 71.7 Å². The molecule has 1 amide bonds. The lowest BCUT2D eigenvalue weighted by Gasteiger charge is -2.17. The van der Waals surface area contributed by atoms with Crippen molar-refractivity contribution in [2.45, 2.75) is 52.5 Å². The second-order valence-electron chi connectivity index (χ2n) is 9.81. The summed E-state index contributed by atoms with van der Waals surface area (Å²) in [5.41, 5.74) is 4.63. The van der Waals surface area contributed by atoms with Crippen LogP contribution in [0.2, 0.25) is 0 Å². The minimum Gasteiger partial charge on any atom is -0.492 e. The van der Waals surface area contributed by atoms with Gasteiger partial charge in [0.1, 0.15) is 16.7 Å². The Bertz CT molecular complexity index is 1340. The Morgan fingerprint density at radius 1 is 1.11 bits per heavy atom. The highest BCUT2D eigenvalue weighted by Crippen LogP contribution is 2.36. The van der Waals surface area contributed by atoms with Gasteiger partial charge in [-0.3, -0.25) is 9.69 Å². The van der Waals surface area contributed by atoms with Crippen LogP contribution in [0.3, 0.4) is 0 Å². The molecule has 5 rings (SSSR count). The van der Waals surface area contributed by atoms with E-state index in [1.807, 2.05) is 12.1 Å². The quantitative estimate of drug-likeness (QED) is 0.200. The summed E-state index contributed by atoms with van der Waals surface area (Å²) in [6.45, 7) is 6.21. The minimum absolute atomic E-state index is 0.0389. The Hall–Kier alpha value is -2.09. The number of hydrogen-bond acceptors (Lipinski definition) is 4. The number of carbonyl (C=O) groups excluding carboxylic acids is 1. The van der Waals surface area contributed by atoms with E-state index in [2.05, 4.69) is 70.9 Å². The van der Waals surface area contributed by atoms with Crippen molar-refractivity contribution in [2.24, 2.45) is 5.92 Å². The van der Waals surface area contributed by atoms with Crippen LogP contribution >= 0.6 is 39.9 Å². The Balaban J connectivity index is 1.33. The van der Waals surface area contributed by atoms with E-state index in [0.717, 1.165) is 45.6 Å². The molecule has 2 aromatic carbocycles. The largest absolute Gasteiger partial charge is 0.492 e. The molecule has 2 fully saturated rings. The number of aryl methyl sites for hydroxylation is 2. The molecule has 188 valence electrons. The summed E-state index contributed by atoms with van der Waals surface area (Å²) in [5.74, 6) is 1.66. The highest BCUT2D eigenvalue weighted by Gasteiger charge is 2.32. The van der Waals surface area contributed by atoms with Gasteiger partial charge in [-0.15, -0.1) is 0 Å². The molecule has 0 bridgehead atoms. The fourth-order valence-electron chi connectivity index (χ4n) is 5.11. The van der Waals surface area contributed by atoms with Crippen LogP contribution in [0.1, 0.15) is 48.8 Å². The van der Waals surface area contributed by atoms with Gasteiger partial charge in [0.05, 0.1) is 11.4 Å². The van der Waals surface area contributed by atoms with Gasteiger partial charge in [0.2, 0.25) is 0 Å². The average Bonchev–Trinajstić information content (AvgIpc) is 3.55. The topological polar surface area (TPSA) is 34.5 Å². The van der Waals surface area contributed by atoms with E-state index in [1.165, 1.54) is 48.6 Å². The molecule has 4 nitrogen and oxygen atoms in total. The lowest BCUT2D eigenvalue weighted by Crippen LogP contribution is -2.30. The van der Waals surface area contributed by atoms with Crippen molar-refractivity contribution < 1.29 is 9.53 Å². The number of carbonyl (C=O) groups is 1. The van der Waals surface area contributed by atoms with Crippen molar-refractivity contribution in [2.75, 3.05) is 13.2 Å². The zero-order valence-corrected chi connectivity index (χ0v) is 24.0. The molecule has 3 aromatic rings. The Kier molecular flexibility index (Phi) is 7.89. The van der Waals surface area contributed by atoms with Crippen molar-refractivity contribution >= 4 is 67.1 Å². The van der Waals surface area contributed by atoms with E-state index in [-0.39, 0.29) is 5.91 Å². The molecule has 2 aliphatic rings. The standard InChI is InChI=1S/C29H31BrN2O2S2/c1-19-7-9-24(15-20(19)2)34-14-13-31-18-22(25-17-23(30)8-10-26(25)31)16-27-28(33)32(29(35)36-27)12-11-21-5-3-4-6-21/h7-10,15-18,21H,3-6,11-14H2,1-2H3/b27-16-. The second-order valence-corrected chi connectivity index (χ2v) is 12.4. The SMILES string of the molecule is Cc1ccc(OCCn2cc(/C=C3\SC(=S)N(CCC4CCCC4)C3=O)c3cc(Br)ccc32)cc1C. The van der Waals surface area contributed by atoms with Gasteiger partial charge in [-0.25, -0.2) is 0 Å². The molecule has 0 spiro atoms. The summed E-state index contributed by atoms with van der Waals surface area (Å²) in [4.78, 5) is 15.7. The van der Waals surface area contributed by atoms with Crippen molar-refractivity contribution in [3.8, 4) is 5.75 Å². The molecule has 7 heteroatoms. The summed E-state index contributed by atoms with van der Waals surface area (Å²) < 4.78 is 9.94. The van der Waals surface area contributed by atoms with Crippen LogP contribution in [0, 0.1) is 19.8 Å². The van der Waals surface area contributed by atoms with E-state index in [9.17, 15) is 4.79 Å². The minimum atomic E-state index is 0.0389. The van der Waals surface area contributed by atoms with Gasteiger partial charge < -0.3 is 9.30 Å². The summed E-state index contributed by atoms with van der Waals surface area (Å²) in [5, 5.41) is 1.10. The number of aromatic nitrogens is 1. The van der Waals surface area contributed by atoms with Crippen LogP contribution in [-0.2, 0) is 11.3 Å². The number of rotatable bonds is 8. The molecule has 1 aromatic heterocycles. The van der Waals surface area contributed by atoms with E-state index in [1.54, 1.807) is 4.90 Å². The molecule has 0 unspecified atom stereocenters. The van der Waals surface area contributed by atoms with Crippen molar-refractivity contribution in [1.82, 2.24) is 9.47 Å². The molecular weight excluding hydrogens is 552 g/mol. The number of halogens is 1. The highest BCUT2D eigenvalue weighted by atomic mass is 79.9. The summed E-state index contributed by atoms with van der Waals surface area (Å²) in [7, 11) is 0. The summed E-state index contributed by atoms with van der Waals surface area (Å²) in [6.07, 6.45) is 10.4. The van der Waals surface area contributed by atoms with Crippen LogP contribution in [0.4, 0.5) is 0 Å². The van der Waals surface area contributed by atoms with Crippen molar-refractivity contribution in [1.29, 1.82) is 0 Å². The Morgan fingerprint density at radius 3 is 2.69 bits per heavy atom. The number of ether oxygens (including phenoxy) is 1. The van der Waals surface area contributed by atoms with E-state index >= 15 is 0 Å². The first-order valence-electron chi connectivity index (χ1n) is 12.6. The first-order valence-corrected chi connectivity index (χ1v) is 14.6. The number of thioether (sulfide) groups is 1. The maximum Gasteiger partial charge on any atom is 0.266 e. The fraction of sp³-hybridized carbons (Fsp3) is 0.379. The van der Waals surface area contributed by atoms with Gasteiger partial charge >= 0.3 is 0 Å². The Labute approximate surface area is 231 Å². The molecule has 0 radical (unpaired) electrons. The highest BCUT2D eigenvalue weighted by molar-refractivity contribution is 9.10. The third-order valence-electron chi connectivity index (χ3n) is 7.35. The van der Waals surface area contributed by atoms with Gasteiger partial charge in [-0.05, 0) is 73.7 Å². The van der Waals surface area contributed by atoms with Crippen LogP contribution in [0.5, 0.6) is 5.75 Å². The molecule has 36 heavy (non-hydrogen) atoms. The zero-order valence-electron chi connectivity index (χ0n) is 20.8. The maximum atomic E-state index is 13.2. The van der Waals surface area contributed by atoms with E-state index in [4.69, 9.17) is 17.0 Å². The lowest BCUT2D eigenvalue weighted by molar-refractivity contribution is -0.122. The fourth-order valence-corrected chi connectivity index (χ4v) is 6.77. The van der Waals surface area contributed by atoms with E-state index < -0.39 is 0 Å². The number of amides is 1. The molecule has 0 N–H and O–H groups in total. The van der Waals surface area contributed by atoms with Crippen molar-refractivity contribution in [3.05, 3.63) is 68.7 Å².